The normalized spacial score (nSPS) is 14.4. The highest BCUT2D eigenvalue weighted by Gasteiger charge is 2.35. The van der Waals surface area contributed by atoms with E-state index in [9.17, 15) is 9.59 Å². The summed E-state index contributed by atoms with van der Waals surface area (Å²) in [5.41, 5.74) is 2.59. The lowest BCUT2D eigenvalue weighted by molar-refractivity contribution is 0.411. The van der Waals surface area contributed by atoms with Gasteiger partial charge in [-0.25, -0.2) is 9.36 Å². The van der Waals surface area contributed by atoms with Crippen molar-refractivity contribution in [2.24, 2.45) is 0 Å². The van der Waals surface area contributed by atoms with Gasteiger partial charge in [0.2, 0.25) is 0 Å². The van der Waals surface area contributed by atoms with E-state index in [1.807, 2.05) is 38.1 Å². The fraction of sp³-hybridized carbons (Fsp3) is 0.238. The number of aromatic nitrogens is 2. The van der Waals surface area contributed by atoms with E-state index in [1.165, 1.54) is 11.7 Å². The highest BCUT2D eigenvalue weighted by atomic mass is 16.5. The first kappa shape index (κ1) is 16.4. The first-order chi connectivity index (χ1) is 12.4. The van der Waals surface area contributed by atoms with Crippen molar-refractivity contribution < 1.29 is 4.74 Å². The lowest BCUT2D eigenvalue weighted by Crippen LogP contribution is -2.43. The van der Waals surface area contributed by atoms with Crippen molar-refractivity contribution in [1.82, 2.24) is 9.55 Å². The Bertz CT molecular complexity index is 1120. The lowest BCUT2D eigenvalue weighted by Gasteiger charge is -2.33. The number of methoxy groups -OCH3 is 1. The molecular weight excluding hydrogens is 328 g/mol. The van der Waals surface area contributed by atoms with E-state index in [1.54, 1.807) is 24.3 Å². The van der Waals surface area contributed by atoms with Crippen LogP contribution in [0, 0.1) is 0 Å². The van der Waals surface area contributed by atoms with Crippen LogP contribution in [0.5, 0.6) is 5.75 Å². The van der Waals surface area contributed by atoms with Crippen LogP contribution in [-0.2, 0) is 11.8 Å². The van der Waals surface area contributed by atoms with Gasteiger partial charge in [0.25, 0.3) is 5.56 Å². The molecule has 0 aliphatic heterocycles. The van der Waals surface area contributed by atoms with Gasteiger partial charge in [-0.1, -0.05) is 50.2 Å². The number of fused-ring (bicyclic) bond motifs is 3. The molecule has 5 heteroatoms. The number of ether oxygens (including phenoxy) is 1. The molecule has 1 N–H and O–H groups in total. The standard InChI is InChI=1S/C21H20N2O3/c1-21(2)12-13-8-4-5-9-14(13)18-17(21)19(24)23(20(25)22-18)15-10-6-7-11-16(15)26-3/h4-11H,12H2,1-3H3,(H,22,25). The number of aromatic amines is 1. The van der Waals surface area contributed by atoms with Crippen molar-refractivity contribution in [3.8, 4) is 22.7 Å². The van der Waals surface area contributed by atoms with Crippen LogP contribution in [0.4, 0.5) is 0 Å². The van der Waals surface area contributed by atoms with Crippen LogP contribution < -0.4 is 16.0 Å². The maximum absolute atomic E-state index is 13.4. The third-order valence-electron chi connectivity index (χ3n) is 5.02. The fourth-order valence-electron chi connectivity index (χ4n) is 3.88. The van der Waals surface area contributed by atoms with Gasteiger partial charge in [0.05, 0.1) is 18.5 Å². The molecule has 0 radical (unpaired) electrons. The molecule has 2 aromatic carbocycles. The van der Waals surface area contributed by atoms with E-state index < -0.39 is 11.1 Å². The highest BCUT2D eigenvalue weighted by Crippen LogP contribution is 2.39. The molecule has 1 aliphatic carbocycles. The SMILES string of the molecule is COc1ccccc1-n1c(=O)[nH]c2c(c1=O)C(C)(C)Cc1ccccc1-2. The Morgan fingerprint density at radius 1 is 1.04 bits per heavy atom. The zero-order chi connectivity index (χ0) is 18.5. The van der Waals surface area contributed by atoms with E-state index in [-0.39, 0.29) is 5.56 Å². The zero-order valence-electron chi connectivity index (χ0n) is 15.0. The molecule has 0 saturated heterocycles. The zero-order valence-corrected chi connectivity index (χ0v) is 15.0. The number of hydrogen-bond acceptors (Lipinski definition) is 3. The summed E-state index contributed by atoms with van der Waals surface area (Å²) in [5.74, 6) is 0.481. The quantitative estimate of drug-likeness (QED) is 0.774. The first-order valence-corrected chi connectivity index (χ1v) is 8.55. The second-order valence-electron chi connectivity index (χ2n) is 7.21. The van der Waals surface area contributed by atoms with Crippen LogP contribution in [0.1, 0.15) is 25.0 Å². The van der Waals surface area contributed by atoms with Gasteiger partial charge in [-0.2, -0.15) is 0 Å². The number of hydrogen-bond donors (Lipinski definition) is 1. The third-order valence-corrected chi connectivity index (χ3v) is 5.02. The monoisotopic (exact) mass is 348 g/mol. The summed E-state index contributed by atoms with van der Waals surface area (Å²) in [5, 5.41) is 0. The molecule has 0 bridgehead atoms. The summed E-state index contributed by atoms with van der Waals surface area (Å²) in [7, 11) is 1.52. The molecule has 1 aromatic heterocycles. The number of para-hydroxylation sites is 2. The molecule has 5 nitrogen and oxygen atoms in total. The molecule has 0 fully saturated rings. The fourth-order valence-corrected chi connectivity index (χ4v) is 3.88. The number of benzene rings is 2. The minimum Gasteiger partial charge on any atom is -0.495 e. The Morgan fingerprint density at radius 3 is 2.50 bits per heavy atom. The summed E-state index contributed by atoms with van der Waals surface area (Å²) in [6.45, 7) is 4.07. The Kier molecular flexibility index (Phi) is 3.61. The largest absolute Gasteiger partial charge is 0.495 e. The Morgan fingerprint density at radius 2 is 1.73 bits per heavy atom. The Hall–Kier alpha value is -3.08. The maximum atomic E-state index is 13.4. The first-order valence-electron chi connectivity index (χ1n) is 8.55. The predicted molar refractivity (Wildman–Crippen MR) is 101 cm³/mol. The number of H-pyrrole nitrogens is 1. The second kappa shape index (κ2) is 5.73. The average molecular weight is 348 g/mol. The van der Waals surface area contributed by atoms with Gasteiger partial charge < -0.3 is 9.72 Å². The van der Waals surface area contributed by atoms with Gasteiger partial charge in [-0.05, 0) is 24.1 Å². The molecule has 0 amide bonds. The average Bonchev–Trinajstić information content (AvgIpc) is 2.61. The van der Waals surface area contributed by atoms with Crippen LogP contribution in [0.3, 0.4) is 0 Å². The predicted octanol–water partition coefficient (Wildman–Crippen LogP) is 3.04. The molecule has 0 saturated carbocycles. The van der Waals surface area contributed by atoms with Gasteiger partial charge >= 0.3 is 5.69 Å². The molecule has 0 unspecified atom stereocenters. The van der Waals surface area contributed by atoms with Crippen LogP contribution in [-0.4, -0.2) is 16.7 Å². The van der Waals surface area contributed by atoms with Gasteiger partial charge in [0.1, 0.15) is 5.75 Å². The summed E-state index contributed by atoms with van der Waals surface area (Å²) >= 11 is 0. The van der Waals surface area contributed by atoms with Crippen LogP contribution >= 0.6 is 0 Å². The van der Waals surface area contributed by atoms with E-state index in [4.69, 9.17) is 4.74 Å². The summed E-state index contributed by atoms with van der Waals surface area (Å²) in [6, 6.07) is 14.9. The van der Waals surface area contributed by atoms with Crippen molar-refractivity contribution in [1.29, 1.82) is 0 Å². The molecule has 1 heterocycles. The van der Waals surface area contributed by atoms with Crippen LogP contribution in [0.25, 0.3) is 16.9 Å². The summed E-state index contributed by atoms with van der Waals surface area (Å²) in [4.78, 5) is 29.2. The van der Waals surface area contributed by atoms with Crippen molar-refractivity contribution >= 4 is 0 Å². The number of nitrogens with zero attached hydrogens (tertiary/aromatic N) is 1. The van der Waals surface area contributed by atoms with Crippen molar-refractivity contribution in [2.45, 2.75) is 25.7 Å². The Labute approximate surface area is 150 Å². The van der Waals surface area contributed by atoms with Gasteiger partial charge in [0.15, 0.2) is 0 Å². The minimum absolute atomic E-state index is 0.298. The Balaban J connectivity index is 2.10. The molecule has 3 aromatic rings. The molecule has 0 spiro atoms. The van der Waals surface area contributed by atoms with Crippen molar-refractivity contribution in [3.05, 3.63) is 80.5 Å². The molecule has 132 valence electrons. The van der Waals surface area contributed by atoms with Crippen molar-refractivity contribution in [3.63, 3.8) is 0 Å². The lowest BCUT2D eigenvalue weighted by atomic mass is 9.72. The molecular formula is C21H20N2O3. The van der Waals surface area contributed by atoms with E-state index in [2.05, 4.69) is 4.98 Å². The van der Waals surface area contributed by atoms with Gasteiger partial charge in [-0.15, -0.1) is 0 Å². The molecule has 0 atom stereocenters. The van der Waals surface area contributed by atoms with E-state index in [0.717, 1.165) is 17.5 Å². The van der Waals surface area contributed by atoms with E-state index in [0.29, 0.717) is 22.7 Å². The summed E-state index contributed by atoms with van der Waals surface area (Å²) < 4.78 is 6.52. The maximum Gasteiger partial charge on any atom is 0.333 e. The molecule has 26 heavy (non-hydrogen) atoms. The smallest absolute Gasteiger partial charge is 0.333 e. The van der Waals surface area contributed by atoms with Gasteiger partial charge in [-0.3, -0.25) is 4.79 Å². The topological polar surface area (TPSA) is 64.1 Å². The van der Waals surface area contributed by atoms with Gasteiger partial charge in [0, 0.05) is 16.5 Å². The molecule has 4 rings (SSSR count). The summed E-state index contributed by atoms with van der Waals surface area (Å²) in [6.07, 6.45) is 0.739. The second-order valence-corrected chi connectivity index (χ2v) is 7.21. The minimum atomic E-state index is -0.467. The number of rotatable bonds is 2. The number of nitrogens with one attached hydrogen (secondary N) is 1. The van der Waals surface area contributed by atoms with Crippen LogP contribution in [0.2, 0.25) is 0 Å². The van der Waals surface area contributed by atoms with Crippen LogP contribution in [0.15, 0.2) is 58.1 Å². The van der Waals surface area contributed by atoms with E-state index >= 15 is 0 Å². The third kappa shape index (κ3) is 2.31. The highest BCUT2D eigenvalue weighted by molar-refractivity contribution is 5.71. The molecule has 1 aliphatic rings. The van der Waals surface area contributed by atoms with Crippen molar-refractivity contribution in [2.75, 3.05) is 7.11 Å².